The zero-order valence-corrected chi connectivity index (χ0v) is 6.33. The summed E-state index contributed by atoms with van der Waals surface area (Å²) in [5.41, 5.74) is -0.847. The number of hydrogen-bond acceptors (Lipinski definition) is 2. The summed E-state index contributed by atoms with van der Waals surface area (Å²) in [4.78, 5) is 0. The topological polar surface area (TPSA) is 21.3 Å². The number of rotatable bonds is 0. The number of ether oxygens (including phenoxy) is 1. The van der Waals surface area contributed by atoms with Crippen LogP contribution in [0, 0.1) is 0 Å². The minimum atomic E-state index is -4.25. The summed E-state index contributed by atoms with van der Waals surface area (Å²) in [6.07, 6.45) is -5.90. The fourth-order valence-corrected chi connectivity index (χ4v) is 0.960. The van der Waals surface area contributed by atoms with Crippen LogP contribution in [0.1, 0.15) is 13.8 Å². The molecular weight excluding hydrogens is 159 g/mol. The number of hydrogen-bond donors (Lipinski definition) is 1. The molecule has 1 heterocycles. The Labute approximate surface area is 62.7 Å². The molecule has 1 fully saturated rings. The first kappa shape index (κ1) is 8.80. The van der Waals surface area contributed by atoms with Crippen molar-refractivity contribution in [3.8, 4) is 0 Å². The van der Waals surface area contributed by atoms with Crippen LogP contribution in [0.25, 0.3) is 0 Å². The van der Waals surface area contributed by atoms with Gasteiger partial charge < -0.3 is 4.74 Å². The van der Waals surface area contributed by atoms with Gasteiger partial charge in [0.2, 0.25) is 0 Å². The molecule has 1 saturated heterocycles. The van der Waals surface area contributed by atoms with Crippen LogP contribution in [-0.2, 0) is 4.74 Å². The van der Waals surface area contributed by atoms with Crippen molar-refractivity contribution in [2.24, 2.45) is 0 Å². The van der Waals surface area contributed by atoms with Gasteiger partial charge in [-0.3, -0.25) is 5.32 Å². The van der Waals surface area contributed by atoms with Gasteiger partial charge in [-0.05, 0) is 13.8 Å². The molecule has 11 heavy (non-hydrogen) atoms. The van der Waals surface area contributed by atoms with Crippen LogP contribution >= 0.6 is 0 Å². The first-order valence-electron chi connectivity index (χ1n) is 3.31. The first-order valence-corrected chi connectivity index (χ1v) is 3.31. The van der Waals surface area contributed by atoms with Crippen molar-refractivity contribution in [2.45, 2.75) is 31.9 Å². The van der Waals surface area contributed by atoms with E-state index in [1.807, 2.05) is 0 Å². The molecule has 1 atom stereocenters. The van der Waals surface area contributed by atoms with E-state index in [0.717, 1.165) is 0 Å². The van der Waals surface area contributed by atoms with Gasteiger partial charge in [0.05, 0.1) is 0 Å². The summed E-state index contributed by atoms with van der Waals surface area (Å²) in [5, 5.41) is 2.61. The van der Waals surface area contributed by atoms with E-state index >= 15 is 0 Å². The third kappa shape index (κ3) is 2.07. The molecule has 1 rings (SSSR count). The molecule has 66 valence electrons. The lowest BCUT2D eigenvalue weighted by Gasteiger charge is -2.19. The highest BCUT2D eigenvalue weighted by Gasteiger charge is 2.47. The summed E-state index contributed by atoms with van der Waals surface area (Å²) >= 11 is 0. The molecule has 1 unspecified atom stereocenters. The highest BCUT2D eigenvalue weighted by Crippen LogP contribution is 2.29. The maximum Gasteiger partial charge on any atom is 0.415 e. The van der Waals surface area contributed by atoms with E-state index in [1.54, 1.807) is 13.8 Å². The van der Waals surface area contributed by atoms with Crippen LogP contribution in [0.15, 0.2) is 0 Å². The fraction of sp³-hybridized carbons (Fsp3) is 1.00. The van der Waals surface area contributed by atoms with E-state index in [0.29, 0.717) is 0 Å². The molecule has 0 amide bonds. The van der Waals surface area contributed by atoms with Crippen LogP contribution in [-0.4, -0.2) is 24.6 Å². The van der Waals surface area contributed by atoms with Crippen molar-refractivity contribution < 1.29 is 17.9 Å². The summed E-state index contributed by atoms with van der Waals surface area (Å²) in [5.74, 6) is 0. The molecule has 0 saturated carbocycles. The van der Waals surface area contributed by atoms with Crippen LogP contribution in [0.3, 0.4) is 0 Å². The van der Waals surface area contributed by atoms with E-state index in [-0.39, 0.29) is 6.54 Å². The molecule has 1 aliphatic heterocycles. The van der Waals surface area contributed by atoms with Gasteiger partial charge in [-0.2, -0.15) is 13.2 Å². The molecule has 0 radical (unpaired) electrons. The van der Waals surface area contributed by atoms with Crippen molar-refractivity contribution in [3.05, 3.63) is 0 Å². The van der Waals surface area contributed by atoms with Crippen LogP contribution in [0.2, 0.25) is 0 Å². The van der Waals surface area contributed by atoms with E-state index in [2.05, 4.69) is 10.1 Å². The minimum absolute atomic E-state index is 0.156. The summed E-state index contributed by atoms with van der Waals surface area (Å²) in [6.45, 7) is 2.98. The van der Waals surface area contributed by atoms with E-state index < -0.39 is 18.0 Å². The normalized spacial score (nSPS) is 30.8. The molecule has 0 aliphatic carbocycles. The second-order valence-electron chi connectivity index (χ2n) is 3.04. The van der Waals surface area contributed by atoms with Gasteiger partial charge in [-0.25, -0.2) is 0 Å². The largest absolute Gasteiger partial charge is 0.415 e. The molecule has 0 aromatic heterocycles. The monoisotopic (exact) mass is 169 g/mol. The molecule has 1 aliphatic rings. The van der Waals surface area contributed by atoms with Gasteiger partial charge in [0.15, 0.2) is 6.10 Å². The SMILES string of the molecule is CC1(C)NCC(C(F)(F)F)O1. The molecule has 0 bridgehead atoms. The van der Waals surface area contributed by atoms with Crippen molar-refractivity contribution in [1.29, 1.82) is 0 Å². The zero-order chi connectivity index (χ0) is 8.70. The Morgan fingerprint density at radius 1 is 1.45 bits per heavy atom. The molecule has 5 heteroatoms. The summed E-state index contributed by atoms with van der Waals surface area (Å²) in [6, 6.07) is 0. The van der Waals surface area contributed by atoms with Gasteiger partial charge in [0.25, 0.3) is 0 Å². The number of halogens is 3. The third-order valence-electron chi connectivity index (χ3n) is 1.52. The molecule has 0 aromatic carbocycles. The van der Waals surface area contributed by atoms with E-state index in [9.17, 15) is 13.2 Å². The Morgan fingerprint density at radius 2 is 2.00 bits per heavy atom. The lowest BCUT2D eigenvalue weighted by Crippen LogP contribution is -2.33. The van der Waals surface area contributed by atoms with Gasteiger partial charge >= 0.3 is 6.18 Å². The van der Waals surface area contributed by atoms with Crippen LogP contribution < -0.4 is 5.32 Å². The highest BCUT2D eigenvalue weighted by molar-refractivity contribution is 4.83. The molecular formula is C6H10F3NO. The second-order valence-corrected chi connectivity index (χ2v) is 3.04. The maximum atomic E-state index is 11.9. The standard InChI is InChI=1S/C6H10F3NO/c1-5(2)10-3-4(11-5)6(7,8)9/h4,10H,3H2,1-2H3. The third-order valence-corrected chi connectivity index (χ3v) is 1.52. The van der Waals surface area contributed by atoms with Gasteiger partial charge in [-0.15, -0.1) is 0 Å². The lowest BCUT2D eigenvalue weighted by molar-refractivity contribution is -0.222. The average Bonchev–Trinajstić information content (AvgIpc) is 2.07. The number of alkyl halides is 3. The quantitative estimate of drug-likeness (QED) is 0.589. The van der Waals surface area contributed by atoms with Crippen LogP contribution in [0.4, 0.5) is 13.2 Å². The highest BCUT2D eigenvalue weighted by atomic mass is 19.4. The van der Waals surface area contributed by atoms with Crippen molar-refractivity contribution in [3.63, 3.8) is 0 Å². The van der Waals surface area contributed by atoms with Crippen molar-refractivity contribution in [2.75, 3.05) is 6.54 Å². The van der Waals surface area contributed by atoms with E-state index in [1.165, 1.54) is 0 Å². The predicted octanol–water partition coefficient (Wildman–Crippen LogP) is 1.27. The Kier molecular flexibility index (Phi) is 1.88. The molecule has 2 nitrogen and oxygen atoms in total. The van der Waals surface area contributed by atoms with E-state index in [4.69, 9.17) is 0 Å². The Hall–Kier alpha value is -0.290. The summed E-state index contributed by atoms with van der Waals surface area (Å²) < 4.78 is 40.5. The second kappa shape index (κ2) is 2.35. The average molecular weight is 169 g/mol. The maximum absolute atomic E-state index is 11.9. The zero-order valence-electron chi connectivity index (χ0n) is 6.33. The van der Waals surface area contributed by atoms with Crippen LogP contribution in [0.5, 0.6) is 0 Å². The lowest BCUT2D eigenvalue weighted by atomic mass is 10.3. The Bertz CT molecular complexity index is 154. The smallest absolute Gasteiger partial charge is 0.347 e. The predicted molar refractivity (Wildman–Crippen MR) is 33.0 cm³/mol. The van der Waals surface area contributed by atoms with Crippen molar-refractivity contribution >= 4 is 0 Å². The Morgan fingerprint density at radius 3 is 2.18 bits per heavy atom. The molecule has 0 spiro atoms. The first-order chi connectivity index (χ1) is 4.81. The molecule has 1 N–H and O–H groups in total. The summed E-state index contributed by atoms with van der Waals surface area (Å²) in [7, 11) is 0. The van der Waals surface area contributed by atoms with Gasteiger partial charge in [0, 0.05) is 6.54 Å². The van der Waals surface area contributed by atoms with Gasteiger partial charge in [-0.1, -0.05) is 0 Å². The fourth-order valence-electron chi connectivity index (χ4n) is 0.960. The molecule has 0 aromatic rings. The minimum Gasteiger partial charge on any atom is -0.347 e. The van der Waals surface area contributed by atoms with Crippen molar-refractivity contribution in [1.82, 2.24) is 5.32 Å². The van der Waals surface area contributed by atoms with Gasteiger partial charge in [0.1, 0.15) is 5.72 Å². The Balaban J connectivity index is 2.55. The number of nitrogens with one attached hydrogen (secondary N) is 1.